The Labute approximate surface area is 114 Å². The van der Waals surface area contributed by atoms with Gasteiger partial charge < -0.3 is 16.0 Å². The molecule has 1 saturated heterocycles. The van der Waals surface area contributed by atoms with Crippen molar-refractivity contribution in [1.82, 2.24) is 4.98 Å². The third-order valence-electron chi connectivity index (χ3n) is 3.29. The molecule has 104 valence electrons. The zero-order valence-electron chi connectivity index (χ0n) is 11.4. The van der Waals surface area contributed by atoms with Gasteiger partial charge in [-0.2, -0.15) is 0 Å². The molecule has 2 heterocycles. The normalized spacial score (nSPS) is 16.4. The number of nitrogens with zero attached hydrogens (tertiary/aromatic N) is 2. The lowest BCUT2D eigenvalue weighted by atomic mass is 10.2. The quantitative estimate of drug-likeness (QED) is 0.848. The van der Waals surface area contributed by atoms with E-state index < -0.39 is 0 Å². The van der Waals surface area contributed by atoms with Crippen LogP contribution >= 0.6 is 0 Å². The second kappa shape index (κ2) is 6.52. The monoisotopic (exact) mass is 262 g/mol. The first-order chi connectivity index (χ1) is 9.16. The molecule has 1 aliphatic rings. The molecular weight excluding hydrogens is 240 g/mol. The summed E-state index contributed by atoms with van der Waals surface area (Å²) in [6.07, 6.45) is 5.30. The molecule has 0 spiro atoms. The minimum atomic E-state index is 0.00532. The summed E-state index contributed by atoms with van der Waals surface area (Å²) < 4.78 is 0. The first-order valence-electron chi connectivity index (χ1n) is 6.92. The highest BCUT2D eigenvalue weighted by Crippen LogP contribution is 2.26. The topological polar surface area (TPSA) is 71.2 Å². The van der Waals surface area contributed by atoms with Gasteiger partial charge in [-0.3, -0.25) is 4.79 Å². The fraction of sp³-hybridized carbons (Fsp3) is 0.571. The number of hydrogen-bond acceptors (Lipinski definition) is 4. The lowest BCUT2D eigenvalue weighted by Gasteiger charge is -2.20. The van der Waals surface area contributed by atoms with Crippen LogP contribution in [0.2, 0.25) is 0 Å². The first-order valence-corrected chi connectivity index (χ1v) is 6.92. The Hall–Kier alpha value is -1.62. The Morgan fingerprint density at radius 3 is 2.95 bits per heavy atom. The molecule has 1 amide bonds. The van der Waals surface area contributed by atoms with E-state index in [1.807, 2.05) is 19.1 Å². The van der Waals surface area contributed by atoms with Gasteiger partial charge in [-0.05, 0) is 38.3 Å². The van der Waals surface area contributed by atoms with Gasteiger partial charge in [-0.1, -0.05) is 0 Å². The average Bonchev–Trinajstić information content (AvgIpc) is 2.91. The molecule has 0 radical (unpaired) electrons. The number of carbonyl (C=O) groups excluding carboxylic acids is 1. The summed E-state index contributed by atoms with van der Waals surface area (Å²) in [7, 11) is 0. The SMILES string of the molecule is CC(N)CCC(=O)Nc1cccnc1N1CCCC1. The van der Waals surface area contributed by atoms with Gasteiger partial charge in [0.15, 0.2) is 5.82 Å². The molecule has 0 aromatic carbocycles. The summed E-state index contributed by atoms with van der Waals surface area (Å²) >= 11 is 0. The number of rotatable bonds is 5. The largest absolute Gasteiger partial charge is 0.355 e. The molecule has 19 heavy (non-hydrogen) atoms. The van der Waals surface area contributed by atoms with Gasteiger partial charge in [-0.25, -0.2) is 4.98 Å². The van der Waals surface area contributed by atoms with Crippen molar-refractivity contribution in [3.8, 4) is 0 Å². The molecule has 5 nitrogen and oxygen atoms in total. The van der Waals surface area contributed by atoms with Crippen LogP contribution in [0.25, 0.3) is 0 Å². The van der Waals surface area contributed by atoms with Crippen molar-refractivity contribution in [2.45, 2.75) is 38.6 Å². The molecule has 1 atom stereocenters. The highest BCUT2D eigenvalue weighted by Gasteiger charge is 2.17. The molecule has 1 unspecified atom stereocenters. The number of hydrogen-bond donors (Lipinski definition) is 2. The van der Waals surface area contributed by atoms with Crippen molar-refractivity contribution in [2.75, 3.05) is 23.3 Å². The summed E-state index contributed by atoms with van der Waals surface area (Å²) in [6.45, 7) is 3.94. The fourth-order valence-electron chi connectivity index (χ4n) is 2.25. The number of carbonyl (C=O) groups is 1. The molecule has 3 N–H and O–H groups in total. The molecule has 0 saturated carbocycles. The van der Waals surface area contributed by atoms with E-state index in [9.17, 15) is 4.79 Å². The van der Waals surface area contributed by atoms with E-state index in [1.54, 1.807) is 6.20 Å². The Morgan fingerprint density at radius 2 is 2.26 bits per heavy atom. The lowest BCUT2D eigenvalue weighted by molar-refractivity contribution is -0.116. The number of aromatic nitrogens is 1. The van der Waals surface area contributed by atoms with Crippen LogP contribution in [0.1, 0.15) is 32.6 Å². The van der Waals surface area contributed by atoms with Gasteiger partial charge in [0.2, 0.25) is 5.91 Å². The van der Waals surface area contributed by atoms with E-state index in [-0.39, 0.29) is 11.9 Å². The van der Waals surface area contributed by atoms with E-state index in [0.29, 0.717) is 12.8 Å². The van der Waals surface area contributed by atoms with E-state index in [0.717, 1.165) is 24.6 Å². The zero-order valence-corrected chi connectivity index (χ0v) is 11.4. The summed E-state index contributed by atoms with van der Waals surface area (Å²) in [4.78, 5) is 18.5. The Morgan fingerprint density at radius 1 is 1.53 bits per heavy atom. The number of amides is 1. The Balaban J connectivity index is 2.01. The van der Waals surface area contributed by atoms with Gasteiger partial charge in [0, 0.05) is 31.7 Å². The summed E-state index contributed by atoms with van der Waals surface area (Å²) in [5.41, 5.74) is 6.47. The standard InChI is InChI=1S/C14H22N4O/c1-11(15)6-7-13(19)17-12-5-4-8-16-14(12)18-9-2-3-10-18/h4-5,8,11H,2-3,6-7,9-10,15H2,1H3,(H,17,19). The van der Waals surface area contributed by atoms with Crippen molar-refractivity contribution in [1.29, 1.82) is 0 Å². The zero-order chi connectivity index (χ0) is 13.7. The van der Waals surface area contributed by atoms with Crippen LogP contribution in [0.15, 0.2) is 18.3 Å². The molecular formula is C14H22N4O. The molecule has 1 aliphatic heterocycles. The number of nitrogens with one attached hydrogen (secondary N) is 1. The van der Waals surface area contributed by atoms with Gasteiger partial charge in [0.05, 0.1) is 5.69 Å². The Kier molecular flexibility index (Phi) is 4.74. The van der Waals surface area contributed by atoms with E-state index in [4.69, 9.17) is 5.73 Å². The number of pyridine rings is 1. The maximum Gasteiger partial charge on any atom is 0.224 e. The summed E-state index contributed by atoms with van der Waals surface area (Å²) in [6, 6.07) is 3.81. The molecule has 1 aromatic rings. The van der Waals surface area contributed by atoms with Crippen LogP contribution in [0.4, 0.5) is 11.5 Å². The van der Waals surface area contributed by atoms with Crippen LogP contribution in [0.3, 0.4) is 0 Å². The van der Waals surface area contributed by atoms with Crippen LogP contribution in [-0.4, -0.2) is 30.0 Å². The van der Waals surface area contributed by atoms with E-state index in [2.05, 4.69) is 15.2 Å². The minimum absolute atomic E-state index is 0.00532. The smallest absolute Gasteiger partial charge is 0.224 e. The summed E-state index contributed by atoms with van der Waals surface area (Å²) in [5.74, 6) is 0.889. The predicted octanol–water partition coefficient (Wildman–Crippen LogP) is 1.75. The van der Waals surface area contributed by atoms with E-state index >= 15 is 0 Å². The molecule has 5 heteroatoms. The predicted molar refractivity (Wildman–Crippen MR) is 77.2 cm³/mol. The van der Waals surface area contributed by atoms with Crippen LogP contribution < -0.4 is 16.0 Å². The minimum Gasteiger partial charge on any atom is -0.355 e. The summed E-state index contributed by atoms with van der Waals surface area (Å²) in [5, 5.41) is 2.94. The van der Waals surface area contributed by atoms with Crippen molar-refractivity contribution in [3.63, 3.8) is 0 Å². The molecule has 2 rings (SSSR count). The van der Waals surface area contributed by atoms with Gasteiger partial charge in [-0.15, -0.1) is 0 Å². The number of anilines is 2. The molecule has 0 bridgehead atoms. The average molecular weight is 262 g/mol. The van der Waals surface area contributed by atoms with Crippen LogP contribution in [0.5, 0.6) is 0 Å². The van der Waals surface area contributed by atoms with Crippen molar-refractivity contribution in [2.24, 2.45) is 5.73 Å². The maximum atomic E-state index is 11.9. The second-order valence-corrected chi connectivity index (χ2v) is 5.13. The highest BCUT2D eigenvalue weighted by molar-refractivity contribution is 5.93. The molecule has 0 aliphatic carbocycles. The van der Waals surface area contributed by atoms with Crippen molar-refractivity contribution in [3.05, 3.63) is 18.3 Å². The van der Waals surface area contributed by atoms with Crippen molar-refractivity contribution < 1.29 is 4.79 Å². The second-order valence-electron chi connectivity index (χ2n) is 5.13. The molecule has 1 aromatic heterocycles. The van der Waals surface area contributed by atoms with Crippen molar-refractivity contribution >= 4 is 17.4 Å². The maximum absolute atomic E-state index is 11.9. The third kappa shape index (κ3) is 3.92. The highest BCUT2D eigenvalue weighted by atomic mass is 16.1. The van der Waals surface area contributed by atoms with Gasteiger partial charge in [0.25, 0.3) is 0 Å². The Bertz CT molecular complexity index is 427. The van der Waals surface area contributed by atoms with E-state index in [1.165, 1.54) is 12.8 Å². The third-order valence-corrected chi connectivity index (χ3v) is 3.29. The number of nitrogens with two attached hydrogens (primary N) is 1. The first kappa shape index (κ1) is 13.8. The fourth-order valence-corrected chi connectivity index (χ4v) is 2.25. The molecule has 1 fully saturated rings. The van der Waals surface area contributed by atoms with Gasteiger partial charge in [0.1, 0.15) is 0 Å². The van der Waals surface area contributed by atoms with Crippen LogP contribution in [-0.2, 0) is 4.79 Å². The lowest BCUT2D eigenvalue weighted by Crippen LogP contribution is -2.23. The van der Waals surface area contributed by atoms with Gasteiger partial charge >= 0.3 is 0 Å². The van der Waals surface area contributed by atoms with Crippen LogP contribution in [0, 0.1) is 0 Å².